The maximum atomic E-state index is 3.88. The predicted molar refractivity (Wildman–Crippen MR) is 96.6 cm³/mol. The fourth-order valence-electron chi connectivity index (χ4n) is 2.49. The molecule has 2 aromatic rings. The lowest BCUT2D eigenvalue weighted by molar-refractivity contribution is 0.286. The zero-order valence-corrected chi connectivity index (χ0v) is 12.9. The highest BCUT2D eigenvalue weighted by atomic mass is 15.1. The van der Waals surface area contributed by atoms with Gasteiger partial charge in [-0.2, -0.15) is 0 Å². The monoisotopic (exact) mass is 289 g/mol. The van der Waals surface area contributed by atoms with E-state index < -0.39 is 0 Å². The van der Waals surface area contributed by atoms with Gasteiger partial charge in [0.05, 0.1) is 6.04 Å². The van der Waals surface area contributed by atoms with E-state index in [2.05, 4.69) is 78.7 Å². The molecule has 0 fully saturated rings. The van der Waals surface area contributed by atoms with Crippen LogP contribution in [0.3, 0.4) is 0 Å². The number of hydrogen-bond acceptors (Lipinski definition) is 1. The lowest BCUT2D eigenvalue weighted by atomic mass is 10.0. The highest BCUT2D eigenvalue weighted by Gasteiger charge is 2.15. The second-order valence-electron chi connectivity index (χ2n) is 5.16. The molecule has 1 heteroatoms. The van der Waals surface area contributed by atoms with Crippen molar-refractivity contribution in [3.8, 4) is 0 Å². The predicted octanol–water partition coefficient (Wildman–Crippen LogP) is 5.12. The fourth-order valence-corrected chi connectivity index (χ4v) is 2.49. The van der Waals surface area contributed by atoms with E-state index in [-0.39, 0.29) is 6.04 Å². The molecule has 0 amide bonds. The number of rotatable bonds is 8. The molecule has 0 spiro atoms. The van der Waals surface area contributed by atoms with Gasteiger partial charge in [-0.05, 0) is 11.1 Å². The van der Waals surface area contributed by atoms with Gasteiger partial charge in [-0.25, -0.2) is 0 Å². The molecule has 22 heavy (non-hydrogen) atoms. The molecule has 0 N–H and O–H groups in total. The normalized spacial score (nSPS) is 12.4. The van der Waals surface area contributed by atoms with Gasteiger partial charge in [0.2, 0.25) is 0 Å². The summed E-state index contributed by atoms with van der Waals surface area (Å²) in [6.45, 7) is 9.40. The molecular weight excluding hydrogens is 266 g/mol. The second-order valence-corrected chi connectivity index (χ2v) is 5.16. The minimum Gasteiger partial charge on any atom is -0.286 e. The van der Waals surface area contributed by atoms with Crippen LogP contribution in [0.4, 0.5) is 0 Å². The Labute approximate surface area is 133 Å². The fraction of sp³-hybridized carbons (Fsp3) is 0.143. The van der Waals surface area contributed by atoms with E-state index in [4.69, 9.17) is 0 Å². The summed E-state index contributed by atoms with van der Waals surface area (Å²) in [5, 5.41) is 0. The molecule has 0 aliphatic rings. The molecule has 0 heterocycles. The van der Waals surface area contributed by atoms with Crippen LogP contribution in [0.15, 0.2) is 92.0 Å². The largest absolute Gasteiger partial charge is 0.286 e. The molecule has 112 valence electrons. The summed E-state index contributed by atoms with van der Waals surface area (Å²) in [5.74, 6) is 0. The van der Waals surface area contributed by atoms with Crippen LogP contribution in [0.25, 0.3) is 6.08 Å². The highest BCUT2D eigenvalue weighted by Crippen LogP contribution is 2.23. The maximum Gasteiger partial charge on any atom is 0.0541 e. The Bertz CT molecular complexity index is 588. The van der Waals surface area contributed by atoms with Crippen molar-refractivity contribution in [2.45, 2.75) is 6.04 Å². The van der Waals surface area contributed by atoms with E-state index in [0.717, 1.165) is 13.1 Å². The third-order valence-corrected chi connectivity index (χ3v) is 3.53. The zero-order chi connectivity index (χ0) is 15.6. The molecule has 0 radical (unpaired) electrons. The average Bonchev–Trinajstić information content (AvgIpc) is 2.57. The van der Waals surface area contributed by atoms with Crippen molar-refractivity contribution >= 4 is 6.08 Å². The minimum atomic E-state index is 0.206. The van der Waals surface area contributed by atoms with Gasteiger partial charge < -0.3 is 0 Å². The van der Waals surface area contributed by atoms with Crippen molar-refractivity contribution < 1.29 is 0 Å². The van der Waals surface area contributed by atoms with Gasteiger partial charge in [0.25, 0.3) is 0 Å². The standard InChI is InChI=1S/C21H23N/c1-3-17-22(18-4-2)21(20-13-9-6-10-14-20)16-15-19-11-7-5-8-12-19/h3-16,21H,1-2,17-18H2/b16-15+. The molecule has 1 nitrogen and oxygen atoms in total. The summed E-state index contributed by atoms with van der Waals surface area (Å²) in [6, 6.07) is 21.1. The first kappa shape index (κ1) is 16.0. The Hall–Kier alpha value is -2.38. The van der Waals surface area contributed by atoms with Gasteiger partial charge >= 0.3 is 0 Å². The van der Waals surface area contributed by atoms with Crippen molar-refractivity contribution in [3.63, 3.8) is 0 Å². The molecular formula is C21H23N. The van der Waals surface area contributed by atoms with E-state index in [1.54, 1.807) is 0 Å². The summed E-state index contributed by atoms with van der Waals surface area (Å²) in [6.07, 6.45) is 8.31. The van der Waals surface area contributed by atoms with Gasteiger partial charge in [0.15, 0.2) is 0 Å². The number of nitrogens with zero attached hydrogens (tertiary/aromatic N) is 1. The molecule has 0 bridgehead atoms. The van der Waals surface area contributed by atoms with Crippen molar-refractivity contribution in [2.24, 2.45) is 0 Å². The van der Waals surface area contributed by atoms with Crippen molar-refractivity contribution in [3.05, 3.63) is 103 Å². The van der Waals surface area contributed by atoms with Gasteiger partial charge in [-0.1, -0.05) is 85.0 Å². The van der Waals surface area contributed by atoms with E-state index >= 15 is 0 Å². The zero-order valence-electron chi connectivity index (χ0n) is 12.9. The van der Waals surface area contributed by atoms with E-state index in [1.807, 2.05) is 24.3 Å². The number of benzene rings is 2. The summed E-state index contributed by atoms with van der Waals surface area (Å²) >= 11 is 0. The van der Waals surface area contributed by atoms with Crippen molar-refractivity contribution in [1.82, 2.24) is 4.90 Å². The lowest BCUT2D eigenvalue weighted by Crippen LogP contribution is -2.28. The Balaban J connectivity index is 2.30. The first-order valence-electron chi connectivity index (χ1n) is 7.59. The van der Waals surface area contributed by atoms with Gasteiger partial charge in [0.1, 0.15) is 0 Å². The summed E-state index contributed by atoms with van der Waals surface area (Å²) in [7, 11) is 0. The smallest absolute Gasteiger partial charge is 0.0541 e. The SMILES string of the molecule is C=CCN(CC=C)C(/C=C/c1ccccc1)c1ccccc1. The van der Waals surface area contributed by atoms with Crippen LogP contribution in [0.5, 0.6) is 0 Å². The lowest BCUT2D eigenvalue weighted by Gasteiger charge is -2.28. The van der Waals surface area contributed by atoms with Crippen LogP contribution in [0, 0.1) is 0 Å². The third-order valence-electron chi connectivity index (χ3n) is 3.53. The molecule has 0 aromatic heterocycles. The van der Waals surface area contributed by atoms with Crippen molar-refractivity contribution in [1.29, 1.82) is 0 Å². The van der Waals surface area contributed by atoms with Crippen LogP contribution in [0.2, 0.25) is 0 Å². The summed E-state index contributed by atoms with van der Waals surface area (Å²) in [4.78, 5) is 2.34. The molecule has 1 unspecified atom stereocenters. The molecule has 2 aromatic carbocycles. The summed E-state index contributed by atoms with van der Waals surface area (Å²) in [5.41, 5.74) is 2.49. The van der Waals surface area contributed by atoms with Gasteiger partial charge in [-0.15, -0.1) is 13.2 Å². The highest BCUT2D eigenvalue weighted by molar-refractivity contribution is 5.50. The Morgan fingerprint density at radius 1 is 0.818 bits per heavy atom. The first-order chi connectivity index (χ1) is 10.8. The van der Waals surface area contributed by atoms with Crippen molar-refractivity contribution in [2.75, 3.05) is 13.1 Å². The van der Waals surface area contributed by atoms with Gasteiger partial charge in [-0.3, -0.25) is 4.90 Å². The second kappa shape index (κ2) is 8.81. The van der Waals surface area contributed by atoms with E-state index in [0.29, 0.717) is 0 Å². The average molecular weight is 289 g/mol. The first-order valence-corrected chi connectivity index (χ1v) is 7.59. The molecule has 0 saturated carbocycles. The van der Waals surface area contributed by atoms with E-state index in [1.165, 1.54) is 11.1 Å². The Morgan fingerprint density at radius 3 is 1.91 bits per heavy atom. The summed E-state index contributed by atoms with van der Waals surface area (Å²) < 4.78 is 0. The minimum absolute atomic E-state index is 0.206. The molecule has 2 rings (SSSR count). The molecule has 0 aliphatic heterocycles. The van der Waals surface area contributed by atoms with Crippen LogP contribution < -0.4 is 0 Å². The maximum absolute atomic E-state index is 3.88. The Kier molecular flexibility index (Phi) is 6.40. The topological polar surface area (TPSA) is 3.24 Å². The quantitative estimate of drug-likeness (QED) is 0.610. The third kappa shape index (κ3) is 4.57. The molecule has 1 atom stereocenters. The van der Waals surface area contributed by atoms with Crippen LogP contribution in [0.1, 0.15) is 17.2 Å². The van der Waals surface area contributed by atoms with E-state index in [9.17, 15) is 0 Å². The van der Waals surface area contributed by atoms with Gasteiger partial charge in [0, 0.05) is 13.1 Å². The van der Waals surface area contributed by atoms with Crippen LogP contribution in [-0.2, 0) is 0 Å². The van der Waals surface area contributed by atoms with Crippen LogP contribution >= 0.6 is 0 Å². The Morgan fingerprint density at radius 2 is 1.36 bits per heavy atom. The number of hydrogen-bond donors (Lipinski definition) is 0. The molecule has 0 aliphatic carbocycles. The van der Waals surface area contributed by atoms with Crippen LogP contribution in [-0.4, -0.2) is 18.0 Å². The molecule has 0 saturated heterocycles.